The van der Waals surface area contributed by atoms with Crippen molar-refractivity contribution in [2.75, 3.05) is 6.54 Å². The van der Waals surface area contributed by atoms with Crippen LogP contribution in [0.5, 0.6) is 0 Å². The van der Waals surface area contributed by atoms with Crippen molar-refractivity contribution in [3.05, 3.63) is 54.2 Å². The Bertz CT molecular complexity index is 1110. The molecule has 2 amide bonds. The minimum absolute atomic E-state index is 0.0712. The Morgan fingerprint density at radius 2 is 2.06 bits per heavy atom. The lowest BCUT2D eigenvalue weighted by Crippen LogP contribution is -2.54. The number of carboxylic acids is 1. The summed E-state index contributed by atoms with van der Waals surface area (Å²) in [5, 5.41) is 13.1. The second-order valence-corrected chi connectivity index (χ2v) is 8.04. The molecule has 3 heterocycles. The van der Waals surface area contributed by atoms with E-state index in [0.717, 1.165) is 16.5 Å². The number of H-pyrrole nitrogens is 2. The van der Waals surface area contributed by atoms with Crippen molar-refractivity contribution in [1.82, 2.24) is 25.2 Å². The number of rotatable bonds is 8. The summed E-state index contributed by atoms with van der Waals surface area (Å²) < 4.78 is 0. The average molecular weight is 438 g/mol. The van der Waals surface area contributed by atoms with Gasteiger partial charge in [-0.15, -0.1) is 0 Å². The van der Waals surface area contributed by atoms with E-state index in [-0.39, 0.29) is 12.3 Å². The Morgan fingerprint density at radius 3 is 2.81 bits per heavy atom. The summed E-state index contributed by atoms with van der Waals surface area (Å²) in [5.74, 6) is -1.95. The van der Waals surface area contributed by atoms with Gasteiger partial charge in [0.2, 0.25) is 11.8 Å². The lowest BCUT2D eigenvalue weighted by Gasteiger charge is -2.27. The number of fused-ring (bicyclic) bond motifs is 1. The highest BCUT2D eigenvalue weighted by atomic mass is 16.4. The topological polar surface area (TPSA) is 157 Å². The van der Waals surface area contributed by atoms with Crippen LogP contribution in [-0.4, -0.2) is 67.4 Å². The summed E-state index contributed by atoms with van der Waals surface area (Å²) in [5.41, 5.74) is 8.74. The number of aliphatic carboxylic acids is 1. The van der Waals surface area contributed by atoms with E-state index in [0.29, 0.717) is 31.5 Å². The molecule has 1 aliphatic rings. The molecule has 0 saturated carbocycles. The van der Waals surface area contributed by atoms with E-state index in [1.54, 1.807) is 0 Å². The molecule has 3 unspecified atom stereocenters. The number of para-hydroxylation sites is 1. The van der Waals surface area contributed by atoms with Crippen molar-refractivity contribution in [2.24, 2.45) is 5.73 Å². The maximum atomic E-state index is 13.1. The van der Waals surface area contributed by atoms with E-state index in [1.165, 1.54) is 17.4 Å². The molecule has 0 spiro atoms. The molecule has 4 rings (SSSR count). The molecule has 1 aromatic carbocycles. The van der Waals surface area contributed by atoms with E-state index in [2.05, 4.69) is 20.3 Å². The van der Waals surface area contributed by atoms with Gasteiger partial charge in [0.15, 0.2) is 0 Å². The Morgan fingerprint density at radius 1 is 1.25 bits per heavy atom. The van der Waals surface area contributed by atoms with E-state index in [9.17, 15) is 19.5 Å². The highest BCUT2D eigenvalue weighted by Gasteiger charge is 2.37. The first-order valence-electron chi connectivity index (χ1n) is 10.6. The minimum atomic E-state index is -1.15. The van der Waals surface area contributed by atoms with Gasteiger partial charge in [-0.25, -0.2) is 9.78 Å². The summed E-state index contributed by atoms with van der Waals surface area (Å²) in [6.45, 7) is 0.413. The van der Waals surface area contributed by atoms with Gasteiger partial charge in [-0.2, -0.15) is 0 Å². The Hall–Kier alpha value is -3.66. The first-order valence-corrected chi connectivity index (χ1v) is 10.6. The number of imidazole rings is 1. The van der Waals surface area contributed by atoms with E-state index < -0.39 is 30.0 Å². The number of hydrogen-bond donors (Lipinski definition) is 5. The van der Waals surface area contributed by atoms with Crippen LogP contribution < -0.4 is 11.1 Å². The fourth-order valence-electron chi connectivity index (χ4n) is 4.23. The van der Waals surface area contributed by atoms with Crippen LogP contribution in [0.4, 0.5) is 0 Å². The van der Waals surface area contributed by atoms with Gasteiger partial charge in [-0.3, -0.25) is 9.59 Å². The van der Waals surface area contributed by atoms with Crippen molar-refractivity contribution < 1.29 is 19.5 Å². The molecule has 6 N–H and O–H groups in total. The third kappa shape index (κ3) is 4.50. The molecule has 10 heteroatoms. The Labute approximate surface area is 184 Å². The van der Waals surface area contributed by atoms with Crippen molar-refractivity contribution in [2.45, 2.75) is 43.8 Å². The van der Waals surface area contributed by atoms with Crippen LogP contribution in [0, 0.1) is 0 Å². The fraction of sp³-hybridized carbons (Fsp3) is 0.364. The van der Waals surface area contributed by atoms with Gasteiger partial charge >= 0.3 is 5.97 Å². The molecule has 1 aliphatic heterocycles. The predicted octanol–water partition coefficient (Wildman–Crippen LogP) is 0.564. The van der Waals surface area contributed by atoms with Crippen LogP contribution in [0.1, 0.15) is 24.1 Å². The summed E-state index contributed by atoms with van der Waals surface area (Å²) in [6.07, 6.45) is 6.33. The molecular formula is C22H26N6O4. The van der Waals surface area contributed by atoms with Gasteiger partial charge in [0, 0.05) is 42.0 Å². The van der Waals surface area contributed by atoms with Crippen LogP contribution in [-0.2, 0) is 27.2 Å². The minimum Gasteiger partial charge on any atom is -0.480 e. The van der Waals surface area contributed by atoms with Crippen molar-refractivity contribution >= 4 is 28.7 Å². The molecule has 0 radical (unpaired) electrons. The Balaban J connectivity index is 1.41. The number of nitrogens with one attached hydrogen (secondary N) is 3. The van der Waals surface area contributed by atoms with Crippen molar-refractivity contribution in [1.29, 1.82) is 0 Å². The number of likely N-dealkylation sites (tertiary alicyclic amines) is 1. The second-order valence-electron chi connectivity index (χ2n) is 8.04. The van der Waals surface area contributed by atoms with E-state index in [1.807, 2.05) is 30.5 Å². The normalized spacial score (nSPS) is 17.9. The molecule has 0 aliphatic carbocycles. The number of aromatic nitrogens is 3. The first kappa shape index (κ1) is 21.6. The number of amides is 2. The first-order chi connectivity index (χ1) is 15.4. The van der Waals surface area contributed by atoms with Crippen LogP contribution in [0.3, 0.4) is 0 Å². The molecule has 0 bridgehead atoms. The number of carbonyl (C=O) groups is 3. The molecule has 1 fully saturated rings. The molecule has 2 aromatic heterocycles. The van der Waals surface area contributed by atoms with Gasteiger partial charge in [-0.1, -0.05) is 18.2 Å². The van der Waals surface area contributed by atoms with Crippen LogP contribution >= 0.6 is 0 Å². The monoisotopic (exact) mass is 438 g/mol. The van der Waals surface area contributed by atoms with Crippen molar-refractivity contribution in [3.8, 4) is 0 Å². The Kier molecular flexibility index (Phi) is 6.22. The zero-order chi connectivity index (χ0) is 22.7. The summed E-state index contributed by atoms with van der Waals surface area (Å²) >= 11 is 0. The zero-order valence-electron chi connectivity index (χ0n) is 17.5. The number of carbonyl (C=O) groups excluding carboxylic acids is 2. The van der Waals surface area contributed by atoms with Crippen LogP contribution in [0.15, 0.2) is 43.0 Å². The van der Waals surface area contributed by atoms with Gasteiger partial charge in [0.25, 0.3) is 0 Å². The molecule has 10 nitrogen and oxygen atoms in total. The predicted molar refractivity (Wildman–Crippen MR) is 117 cm³/mol. The number of benzene rings is 1. The molecule has 3 aromatic rings. The van der Waals surface area contributed by atoms with Gasteiger partial charge in [0.05, 0.1) is 12.4 Å². The maximum Gasteiger partial charge on any atom is 0.326 e. The molecule has 3 atom stereocenters. The molecular weight excluding hydrogens is 412 g/mol. The number of carboxylic acid groups (broad SMARTS) is 1. The zero-order valence-corrected chi connectivity index (χ0v) is 17.5. The van der Waals surface area contributed by atoms with Gasteiger partial charge in [0.1, 0.15) is 12.1 Å². The lowest BCUT2D eigenvalue weighted by atomic mass is 10.0. The van der Waals surface area contributed by atoms with Crippen LogP contribution in [0.25, 0.3) is 10.9 Å². The maximum absolute atomic E-state index is 13.1. The van der Waals surface area contributed by atoms with Gasteiger partial charge in [-0.05, 0) is 30.9 Å². The fourth-order valence-corrected chi connectivity index (χ4v) is 4.23. The highest BCUT2D eigenvalue weighted by Crippen LogP contribution is 2.22. The van der Waals surface area contributed by atoms with Crippen LogP contribution in [0.2, 0.25) is 0 Å². The third-order valence-electron chi connectivity index (χ3n) is 5.86. The summed E-state index contributed by atoms with van der Waals surface area (Å²) in [7, 11) is 0. The summed E-state index contributed by atoms with van der Waals surface area (Å²) in [4.78, 5) is 48.9. The number of hydrogen-bond acceptors (Lipinski definition) is 5. The van der Waals surface area contributed by atoms with E-state index in [4.69, 9.17) is 5.73 Å². The molecule has 32 heavy (non-hydrogen) atoms. The van der Waals surface area contributed by atoms with E-state index >= 15 is 0 Å². The van der Waals surface area contributed by atoms with Crippen molar-refractivity contribution in [3.63, 3.8) is 0 Å². The SMILES string of the molecule is NC(Cc1c[nH]c2ccccc12)C(=O)N1CCCC1C(=O)NC(Cc1cnc[nH]1)C(=O)O. The quantitative estimate of drug-likeness (QED) is 0.346. The number of nitrogens with two attached hydrogens (primary N) is 1. The lowest BCUT2D eigenvalue weighted by molar-refractivity contribution is -0.144. The molecule has 1 saturated heterocycles. The third-order valence-corrected chi connectivity index (χ3v) is 5.86. The summed E-state index contributed by atoms with van der Waals surface area (Å²) in [6, 6.07) is 5.11. The number of nitrogens with zero attached hydrogens (tertiary/aromatic N) is 2. The standard InChI is InChI=1S/C22H26N6O4/c23-16(8-13-10-25-17-5-2-1-4-15(13)17)21(30)28-7-3-6-19(28)20(29)27-18(22(31)32)9-14-11-24-12-26-14/h1-2,4-5,10-12,16,18-19,25H,3,6-9,23H2,(H,24,26)(H,27,29)(H,31,32). The van der Waals surface area contributed by atoms with Gasteiger partial charge < -0.3 is 31.0 Å². The smallest absolute Gasteiger partial charge is 0.326 e. The molecule has 168 valence electrons. The number of aromatic amines is 2. The second kappa shape index (κ2) is 9.23. The average Bonchev–Trinajstić information content (AvgIpc) is 3.54. The highest BCUT2D eigenvalue weighted by molar-refractivity contribution is 5.93. The largest absolute Gasteiger partial charge is 0.480 e.